The first kappa shape index (κ1) is 12.9. The summed E-state index contributed by atoms with van der Waals surface area (Å²) in [5.74, 6) is 0. The number of hydrogen-bond donors (Lipinski definition) is 1. The molecule has 1 aliphatic heterocycles. The summed E-state index contributed by atoms with van der Waals surface area (Å²) in [6.45, 7) is 2.17. The van der Waals surface area contributed by atoms with E-state index in [-0.39, 0.29) is 6.35 Å². The van der Waals surface area contributed by atoms with Crippen molar-refractivity contribution in [3.05, 3.63) is 0 Å². The Hall–Kier alpha value is -0.120. The smallest absolute Gasteiger partial charge is 0.166 e. The largest absolute Gasteiger partial charge is 0.365 e. The van der Waals surface area contributed by atoms with Crippen molar-refractivity contribution in [3.63, 3.8) is 0 Å². The number of aliphatic hydroxyl groups is 1. The van der Waals surface area contributed by atoms with Gasteiger partial charge in [-0.3, -0.25) is 9.80 Å². The molecule has 3 fully saturated rings. The Bertz CT molecular complexity index is 233. The third-order valence-electron chi connectivity index (χ3n) is 5.30. The minimum absolute atomic E-state index is 0.281. The van der Waals surface area contributed by atoms with Crippen molar-refractivity contribution < 1.29 is 5.11 Å². The molecule has 3 aliphatic rings. The topological polar surface area (TPSA) is 26.7 Å². The lowest BCUT2D eigenvalue weighted by Crippen LogP contribution is -2.48. The predicted molar refractivity (Wildman–Crippen MR) is 73.2 cm³/mol. The van der Waals surface area contributed by atoms with Gasteiger partial charge in [0.05, 0.1) is 0 Å². The summed E-state index contributed by atoms with van der Waals surface area (Å²) < 4.78 is 0. The van der Waals surface area contributed by atoms with Crippen molar-refractivity contribution >= 4 is 0 Å². The van der Waals surface area contributed by atoms with E-state index in [4.69, 9.17) is 0 Å². The van der Waals surface area contributed by atoms with Crippen LogP contribution in [0.15, 0.2) is 0 Å². The van der Waals surface area contributed by atoms with Crippen LogP contribution in [-0.4, -0.2) is 46.4 Å². The van der Waals surface area contributed by atoms with Crippen LogP contribution in [0.1, 0.15) is 64.2 Å². The van der Waals surface area contributed by atoms with Crippen LogP contribution in [0, 0.1) is 0 Å². The third-order valence-corrected chi connectivity index (χ3v) is 5.30. The quantitative estimate of drug-likeness (QED) is 0.818. The average molecular weight is 252 g/mol. The second kappa shape index (κ2) is 5.89. The number of nitrogens with zero attached hydrogens (tertiary/aromatic N) is 2. The Morgan fingerprint density at radius 3 is 1.39 bits per heavy atom. The second-order valence-electron chi connectivity index (χ2n) is 6.41. The first-order valence-electron chi connectivity index (χ1n) is 8.06. The van der Waals surface area contributed by atoms with Crippen LogP contribution in [0.2, 0.25) is 0 Å². The van der Waals surface area contributed by atoms with E-state index in [1.807, 2.05) is 0 Å². The van der Waals surface area contributed by atoms with Gasteiger partial charge in [-0.2, -0.15) is 0 Å². The molecule has 18 heavy (non-hydrogen) atoms. The van der Waals surface area contributed by atoms with Gasteiger partial charge >= 0.3 is 0 Å². The highest BCUT2D eigenvalue weighted by atomic mass is 16.3. The van der Waals surface area contributed by atoms with Crippen LogP contribution >= 0.6 is 0 Å². The molecule has 0 bridgehead atoms. The predicted octanol–water partition coefficient (Wildman–Crippen LogP) is 2.55. The SMILES string of the molecule is OC1N(C2CCCCC2)CCN1C1CCCCC1. The molecule has 0 aromatic heterocycles. The summed E-state index contributed by atoms with van der Waals surface area (Å²) >= 11 is 0. The fourth-order valence-electron chi connectivity index (χ4n) is 4.22. The van der Waals surface area contributed by atoms with Gasteiger partial charge in [0.25, 0.3) is 0 Å². The van der Waals surface area contributed by atoms with E-state index in [2.05, 4.69) is 9.80 Å². The van der Waals surface area contributed by atoms with Gasteiger partial charge in [0.1, 0.15) is 0 Å². The molecule has 0 atom stereocenters. The van der Waals surface area contributed by atoms with Gasteiger partial charge in [0.2, 0.25) is 0 Å². The maximum absolute atomic E-state index is 10.6. The second-order valence-corrected chi connectivity index (χ2v) is 6.41. The summed E-state index contributed by atoms with van der Waals surface area (Å²) in [6.07, 6.45) is 13.1. The van der Waals surface area contributed by atoms with Gasteiger partial charge in [-0.25, -0.2) is 0 Å². The van der Waals surface area contributed by atoms with Crippen LogP contribution in [0.3, 0.4) is 0 Å². The van der Waals surface area contributed by atoms with E-state index >= 15 is 0 Å². The van der Waals surface area contributed by atoms with Crippen molar-refractivity contribution in [2.24, 2.45) is 0 Å². The van der Waals surface area contributed by atoms with E-state index < -0.39 is 0 Å². The lowest BCUT2D eigenvalue weighted by Gasteiger charge is -2.38. The van der Waals surface area contributed by atoms with E-state index in [0.29, 0.717) is 12.1 Å². The first-order chi connectivity index (χ1) is 8.86. The molecule has 0 aromatic rings. The van der Waals surface area contributed by atoms with Crippen molar-refractivity contribution in [2.75, 3.05) is 13.1 Å². The van der Waals surface area contributed by atoms with Crippen LogP contribution in [0.25, 0.3) is 0 Å². The van der Waals surface area contributed by atoms with Crippen molar-refractivity contribution in [3.8, 4) is 0 Å². The molecule has 0 amide bonds. The molecule has 0 aromatic carbocycles. The van der Waals surface area contributed by atoms with Gasteiger partial charge in [0, 0.05) is 25.2 Å². The summed E-state index contributed by atoms with van der Waals surface area (Å²) in [4.78, 5) is 4.77. The number of hydrogen-bond acceptors (Lipinski definition) is 3. The molecule has 1 saturated heterocycles. The third kappa shape index (κ3) is 2.59. The van der Waals surface area contributed by atoms with E-state index in [0.717, 1.165) is 13.1 Å². The Morgan fingerprint density at radius 2 is 1.00 bits per heavy atom. The molecule has 3 rings (SSSR count). The van der Waals surface area contributed by atoms with Gasteiger partial charge in [-0.15, -0.1) is 0 Å². The normalized spacial score (nSPS) is 31.2. The van der Waals surface area contributed by atoms with Crippen molar-refractivity contribution in [1.29, 1.82) is 0 Å². The molecular weight excluding hydrogens is 224 g/mol. The van der Waals surface area contributed by atoms with Crippen LogP contribution < -0.4 is 0 Å². The first-order valence-corrected chi connectivity index (χ1v) is 8.06. The number of rotatable bonds is 2. The van der Waals surface area contributed by atoms with Gasteiger partial charge < -0.3 is 5.11 Å². The highest BCUT2D eigenvalue weighted by molar-refractivity contribution is 4.87. The van der Waals surface area contributed by atoms with Crippen molar-refractivity contribution in [2.45, 2.75) is 82.6 Å². The van der Waals surface area contributed by atoms with Gasteiger partial charge in [-0.1, -0.05) is 38.5 Å². The summed E-state index contributed by atoms with van der Waals surface area (Å²) in [7, 11) is 0. The molecule has 0 radical (unpaired) electrons. The molecule has 2 saturated carbocycles. The maximum Gasteiger partial charge on any atom is 0.166 e. The molecule has 0 unspecified atom stereocenters. The van der Waals surface area contributed by atoms with E-state index in [1.54, 1.807) is 0 Å². The van der Waals surface area contributed by atoms with Gasteiger partial charge in [-0.05, 0) is 25.7 Å². The molecule has 2 aliphatic carbocycles. The van der Waals surface area contributed by atoms with Crippen LogP contribution in [-0.2, 0) is 0 Å². The average Bonchev–Trinajstić information content (AvgIpc) is 2.83. The molecule has 1 N–H and O–H groups in total. The molecule has 3 heteroatoms. The Kier molecular flexibility index (Phi) is 4.22. The monoisotopic (exact) mass is 252 g/mol. The zero-order valence-electron chi connectivity index (χ0n) is 11.6. The highest BCUT2D eigenvalue weighted by Crippen LogP contribution is 2.31. The molecular formula is C15H28N2O. The zero-order chi connectivity index (χ0) is 12.4. The highest BCUT2D eigenvalue weighted by Gasteiger charge is 2.38. The summed E-state index contributed by atoms with van der Waals surface area (Å²) in [5.41, 5.74) is 0. The maximum atomic E-state index is 10.6. The molecule has 0 spiro atoms. The summed E-state index contributed by atoms with van der Waals surface area (Å²) in [6, 6.07) is 1.31. The molecule has 1 heterocycles. The standard InChI is InChI=1S/C15H28N2O/c18-15-16(13-7-3-1-4-8-13)11-12-17(15)14-9-5-2-6-10-14/h13-15,18H,1-12H2. The minimum Gasteiger partial charge on any atom is -0.365 e. The minimum atomic E-state index is -0.281. The van der Waals surface area contributed by atoms with Crippen LogP contribution in [0.4, 0.5) is 0 Å². The Labute approximate surface area is 111 Å². The lowest BCUT2D eigenvalue weighted by atomic mass is 9.94. The zero-order valence-corrected chi connectivity index (χ0v) is 11.6. The van der Waals surface area contributed by atoms with E-state index in [9.17, 15) is 5.11 Å². The van der Waals surface area contributed by atoms with E-state index in [1.165, 1.54) is 64.2 Å². The number of aliphatic hydroxyl groups excluding tert-OH is 1. The molecule has 104 valence electrons. The fraction of sp³-hybridized carbons (Fsp3) is 1.00. The van der Waals surface area contributed by atoms with Gasteiger partial charge in [0.15, 0.2) is 6.35 Å². The fourth-order valence-corrected chi connectivity index (χ4v) is 4.22. The van der Waals surface area contributed by atoms with Crippen molar-refractivity contribution in [1.82, 2.24) is 9.80 Å². The van der Waals surface area contributed by atoms with Crippen LogP contribution in [0.5, 0.6) is 0 Å². The lowest BCUT2D eigenvalue weighted by molar-refractivity contribution is -0.0995. The Balaban J connectivity index is 1.58. The molecule has 3 nitrogen and oxygen atoms in total. The Morgan fingerprint density at radius 1 is 0.611 bits per heavy atom. The summed E-state index contributed by atoms with van der Waals surface area (Å²) in [5, 5.41) is 10.6.